The van der Waals surface area contributed by atoms with Gasteiger partial charge in [0.1, 0.15) is 0 Å². The third-order valence-corrected chi connectivity index (χ3v) is 4.57. The number of aromatic nitrogens is 2. The van der Waals surface area contributed by atoms with Gasteiger partial charge in [-0.2, -0.15) is 0 Å². The van der Waals surface area contributed by atoms with E-state index in [1.807, 2.05) is 30.3 Å². The molecule has 0 saturated heterocycles. The van der Waals surface area contributed by atoms with Crippen LogP contribution < -0.4 is 5.32 Å². The SMILES string of the molecule is CC(=O)c1ccccc1NC(=O)[C@H](C)Sc1nnc(-c2ccccc2)o1. The minimum absolute atomic E-state index is 0.106. The van der Waals surface area contributed by atoms with Gasteiger partial charge in [-0.15, -0.1) is 10.2 Å². The van der Waals surface area contributed by atoms with Gasteiger partial charge in [-0.3, -0.25) is 9.59 Å². The summed E-state index contributed by atoms with van der Waals surface area (Å²) < 4.78 is 5.61. The number of hydrogen-bond donors (Lipinski definition) is 1. The zero-order valence-corrected chi connectivity index (χ0v) is 15.1. The summed E-state index contributed by atoms with van der Waals surface area (Å²) in [6, 6.07) is 16.3. The van der Waals surface area contributed by atoms with Crippen molar-refractivity contribution < 1.29 is 14.0 Å². The van der Waals surface area contributed by atoms with Crippen molar-refractivity contribution in [1.82, 2.24) is 10.2 Å². The zero-order chi connectivity index (χ0) is 18.5. The first-order chi connectivity index (χ1) is 12.5. The third-order valence-electron chi connectivity index (χ3n) is 3.64. The van der Waals surface area contributed by atoms with E-state index in [0.717, 1.165) is 17.3 Å². The number of nitrogens with zero attached hydrogens (tertiary/aromatic N) is 2. The van der Waals surface area contributed by atoms with Crippen LogP contribution in [-0.4, -0.2) is 27.1 Å². The fourth-order valence-electron chi connectivity index (χ4n) is 2.29. The minimum Gasteiger partial charge on any atom is -0.411 e. The van der Waals surface area contributed by atoms with Crippen molar-refractivity contribution in [3.63, 3.8) is 0 Å². The molecule has 2 aromatic carbocycles. The lowest BCUT2D eigenvalue weighted by molar-refractivity contribution is -0.115. The number of Topliss-reactive ketones (excluding diaryl/α,β-unsaturated/α-hetero) is 1. The first-order valence-electron chi connectivity index (χ1n) is 8.01. The Balaban J connectivity index is 1.67. The van der Waals surface area contributed by atoms with Crippen LogP contribution in [0.15, 0.2) is 64.2 Å². The maximum atomic E-state index is 12.4. The number of para-hydroxylation sites is 1. The molecule has 1 aromatic heterocycles. The van der Waals surface area contributed by atoms with E-state index in [1.165, 1.54) is 6.92 Å². The number of thioether (sulfide) groups is 1. The minimum atomic E-state index is -0.473. The standard InChI is InChI=1S/C19H17N3O3S/c1-12(23)15-10-6-7-11-16(15)20-17(24)13(2)26-19-22-21-18(25-19)14-8-4-3-5-9-14/h3-11,13H,1-2H3,(H,20,24)/t13-/m0/s1. The van der Waals surface area contributed by atoms with Crippen LogP contribution in [0.2, 0.25) is 0 Å². The Morgan fingerprint density at radius 1 is 1.04 bits per heavy atom. The summed E-state index contributed by atoms with van der Waals surface area (Å²) in [5.74, 6) is 0.0522. The van der Waals surface area contributed by atoms with Gasteiger partial charge in [0.2, 0.25) is 11.8 Å². The van der Waals surface area contributed by atoms with Gasteiger partial charge < -0.3 is 9.73 Å². The lowest BCUT2D eigenvalue weighted by Gasteiger charge is -2.12. The molecule has 26 heavy (non-hydrogen) atoms. The Morgan fingerprint density at radius 3 is 2.46 bits per heavy atom. The summed E-state index contributed by atoms with van der Waals surface area (Å²) in [5, 5.41) is 10.6. The molecule has 1 heterocycles. The molecule has 3 rings (SSSR count). The summed E-state index contributed by atoms with van der Waals surface area (Å²) in [6.45, 7) is 3.20. The average Bonchev–Trinajstić information content (AvgIpc) is 3.11. The van der Waals surface area contributed by atoms with Gasteiger partial charge >= 0.3 is 0 Å². The largest absolute Gasteiger partial charge is 0.411 e. The van der Waals surface area contributed by atoms with Gasteiger partial charge in [-0.05, 0) is 38.1 Å². The molecule has 0 aliphatic heterocycles. The fourth-order valence-corrected chi connectivity index (χ4v) is 2.98. The average molecular weight is 367 g/mol. The van der Waals surface area contributed by atoms with E-state index >= 15 is 0 Å². The third kappa shape index (κ3) is 4.18. The highest BCUT2D eigenvalue weighted by Crippen LogP contribution is 2.27. The van der Waals surface area contributed by atoms with E-state index < -0.39 is 5.25 Å². The molecule has 0 fully saturated rings. The van der Waals surface area contributed by atoms with Crippen LogP contribution in [0, 0.1) is 0 Å². The van der Waals surface area contributed by atoms with E-state index in [1.54, 1.807) is 31.2 Å². The molecule has 1 atom stereocenters. The lowest BCUT2D eigenvalue weighted by atomic mass is 10.1. The van der Waals surface area contributed by atoms with E-state index in [4.69, 9.17) is 4.42 Å². The molecule has 132 valence electrons. The van der Waals surface area contributed by atoms with Gasteiger partial charge in [0.25, 0.3) is 5.22 Å². The van der Waals surface area contributed by atoms with E-state index in [9.17, 15) is 9.59 Å². The highest BCUT2D eigenvalue weighted by Gasteiger charge is 2.20. The Kier molecular flexibility index (Phi) is 5.48. The predicted octanol–water partition coefficient (Wildman–Crippen LogP) is 4.06. The van der Waals surface area contributed by atoms with Crippen molar-refractivity contribution in [3.05, 3.63) is 60.2 Å². The van der Waals surface area contributed by atoms with Gasteiger partial charge in [0.15, 0.2) is 5.78 Å². The topological polar surface area (TPSA) is 85.1 Å². The molecule has 0 bridgehead atoms. The molecule has 0 aliphatic carbocycles. The van der Waals surface area contributed by atoms with Crippen LogP contribution in [0.3, 0.4) is 0 Å². The normalized spacial score (nSPS) is 11.8. The molecule has 1 N–H and O–H groups in total. The van der Waals surface area contributed by atoms with Crippen LogP contribution in [0.25, 0.3) is 11.5 Å². The monoisotopic (exact) mass is 367 g/mol. The van der Waals surface area contributed by atoms with Gasteiger partial charge in [-0.25, -0.2) is 0 Å². The number of rotatable bonds is 6. The lowest BCUT2D eigenvalue weighted by Crippen LogP contribution is -2.23. The summed E-state index contributed by atoms with van der Waals surface area (Å²) >= 11 is 1.16. The summed E-state index contributed by atoms with van der Waals surface area (Å²) in [4.78, 5) is 24.1. The summed E-state index contributed by atoms with van der Waals surface area (Å²) in [5.41, 5.74) is 1.79. The van der Waals surface area contributed by atoms with Crippen molar-refractivity contribution in [2.24, 2.45) is 0 Å². The number of amides is 1. The molecule has 1 amide bonds. The number of nitrogens with one attached hydrogen (secondary N) is 1. The van der Waals surface area contributed by atoms with Crippen LogP contribution in [0.5, 0.6) is 0 Å². The number of ketones is 1. The first kappa shape index (κ1) is 17.9. The zero-order valence-electron chi connectivity index (χ0n) is 14.3. The Bertz CT molecular complexity index is 925. The van der Waals surface area contributed by atoms with Crippen molar-refractivity contribution in [2.45, 2.75) is 24.3 Å². The molecular formula is C19H17N3O3S. The fraction of sp³-hybridized carbons (Fsp3) is 0.158. The number of anilines is 1. The van der Waals surface area contributed by atoms with Crippen molar-refractivity contribution in [2.75, 3.05) is 5.32 Å². The number of carbonyl (C=O) groups excluding carboxylic acids is 2. The highest BCUT2D eigenvalue weighted by molar-refractivity contribution is 8.00. The highest BCUT2D eigenvalue weighted by atomic mass is 32.2. The predicted molar refractivity (Wildman–Crippen MR) is 100 cm³/mol. The second-order valence-corrected chi connectivity index (χ2v) is 6.88. The van der Waals surface area contributed by atoms with E-state index in [-0.39, 0.29) is 11.7 Å². The number of benzene rings is 2. The second kappa shape index (κ2) is 7.97. The Labute approximate surface area is 155 Å². The van der Waals surface area contributed by atoms with Gasteiger partial charge in [-0.1, -0.05) is 42.1 Å². The Hall–Kier alpha value is -2.93. The first-order valence-corrected chi connectivity index (χ1v) is 8.89. The summed E-state index contributed by atoms with van der Waals surface area (Å²) in [7, 11) is 0. The molecule has 0 aliphatic rings. The molecule has 6 nitrogen and oxygen atoms in total. The van der Waals surface area contributed by atoms with Gasteiger partial charge in [0, 0.05) is 11.1 Å². The molecule has 0 saturated carbocycles. The smallest absolute Gasteiger partial charge is 0.277 e. The van der Waals surface area contributed by atoms with Crippen molar-refractivity contribution in [1.29, 1.82) is 0 Å². The Morgan fingerprint density at radius 2 is 1.73 bits per heavy atom. The number of carbonyl (C=O) groups is 2. The van der Waals surface area contributed by atoms with Crippen LogP contribution in [0.4, 0.5) is 5.69 Å². The summed E-state index contributed by atoms with van der Waals surface area (Å²) in [6.07, 6.45) is 0. The van der Waals surface area contributed by atoms with E-state index in [0.29, 0.717) is 22.4 Å². The van der Waals surface area contributed by atoms with E-state index in [2.05, 4.69) is 15.5 Å². The maximum Gasteiger partial charge on any atom is 0.277 e. The molecule has 0 radical (unpaired) electrons. The molecule has 0 unspecified atom stereocenters. The second-order valence-electron chi connectivity index (χ2n) is 5.59. The van der Waals surface area contributed by atoms with Crippen LogP contribution in [0.1, 0.15) is 24.2 Å². The van der Waals surface area contributed by atoms with Crippen molar-refractivity contribution >= 4 is 29.1 Å². The van der Waals surface area contributed by atoms with Gasteiger partial charge in [0.05, 0.1) is 10.9 Å². The maximum absolute atomic E-state index is 12.4. The quantitative estimate of drug-likeness (QED) is 0.522. The van der Waals surface area contributed by atoms with Crippen LogP contribution >= 0.6 is 11.8 Å². The molecule has 7 heteroatoms. The molecule has 3 aromatic rings. The number of hydrogen-bond acceptors (Lipinski definition) is 6. The van der Waals surface area contributed by atoms with Crippen LogP contribution in [-0.2, 0) is 4.79 Å². The van der Waals surface area contributed by atoms with Crippen molar-refractivity contribution in [3.8, 4) is 11.5 Å². The molecule has 0 spiro atoms. The molecular weight excluding hydrogens is 350 g/mol.